The number of nitrogens with one attached hydrogen (secondary N) is 2. The van der Waals surface area contributed by atoms with E-state index in [1.807, 2.05) is 0 Å². The molecule has 0 aliphatic heterocycles. The fourth-order valence-corrected chi connectivity index (χ4v) is 2.21. The Labute approximate surface area is 143 Å². The molecule has 24 heavy (non-hydrogen) atoms. The van der Waals surface area contributed by atoms with Crippen molar-refractivity contribution in [2.75, 3.05) is 10.6 Å². The third-order valence-electron chi connectivity index (χ3n) is 3.10. The molecule has 2 aromatic carbocycles. The van der Waals surface area contributed by atoms with Crippen LogP contribution in [0.2, 0.25) is 5.02 Å². The maximum absolute atomic E-state index is 10.9. The van der Waals surface area contributed by atoms with E-state index in [0.717, 1.165) is 11.1 Å². The zero-order valence-electron chi connectivity index (χ0n) is 12.7. The van der Waals surface area contributed by atoms with Crippen molar-refractivity contribution < 1.29 is 20.3 Å². The quantitative estimate of drug-likeness (QED) is 0.323. The second kappa shape index (κ2) is 7.69. The maximum atomic E-state index is 10.9. The Balaban J connectivity index is 2.11. The molecular weight excluding hydrogens is 334 g/mol. The first-order valence-electron chi connectivity index (χ1n) is 6.87. The molecule has 0 bridgehead atoms. The Morgan fingerprint density at radius 3 is 2.54 bits per heavy atom. The lowest BCUT2D eigenvalue weighted by Crippen LogP contribution is -2.25. The lowest BCUT2D eigenvalue weighted by Gasteiger charge is -2.21. The zero-order valence-corrected chi connectivity index (χ0v) is 13.4. The van der Waals surface area contributed by atoms with Crippen molar-refractivity contribution >= 4 is 35.0 Å². The van der Waals surface area contributed by atoms with Gasteiger partial charge in [-0.15, -0.1) is 0 Å². The molecule has 0 fully saturated rings. The van der Waals surface area contributed by atoms with Gasteiger partial charge in [-0.25, -0.2) is 5.48 Å². The number of halogens is 1. The van der Waals surface area contributed by atoms with Crippen LogP contribution in [-0.2, 0) is 4.79 Å². The topological polar surface area (TPSA) is 105 Å². The summed E-state index contributed by atoms with van der Waals surface area (Å²) in [5.41, 5.74) is 6.32. The average Bonchev–Trinajstić information content (AvgIpc) is 2.57. The number of phenols is 1. The van der Waals surface area contributed by atoms with Gasteiger partial charge in [0.1, 0.15) is 5.69 Å². The van der Waals surface area contributed by atoms with E-state index in [0.29, 0.717) is 10.9 Å². The number of benzene rings is 2. The summed E-state index contributed by atoms with van der Waals surface area (Å²) in [5.74, 6) is -0.877. The van der Waals surface area contributed by atoms with Gasteiger partial charge >= 0.3 is 0 Å². The molecule has 5 N–H and O–H groups in total. The molecule has 2 rings (SSSR count). The normalized spacial score (nSPS) is 10.7. The number of phenolic OH excluding ortho intramolecular Hbond substituents is 1. The number of carbonyl (C=O) groups is 1. The summed E-state index contributed by atoms with van der Waals surface area (Å²) in [4.78, 5) is 10.9. The minimum absolute atomic E-state index is 0.114. The first kappa shape index (κ1) is 17.6. The second-order valence-corrected chi connectivity index (χ2v) is 5.38. The molecule has 1 amide bonds. The van der Waals surface area contributed by atoms with Gasteiger partial charge < -0.3 is 5.11 Å². The summed E-state index contributed by atoms with van der Waals surface area (Å²) in [7, 11) is 0. The molecule has 0 atom stereocenters. The fourth-order valence-electron chi connectivity index (χ4n) is 1.94. The SMILES string of the molecule is Cc1cc(Cl)c(O)c(N(O)Nc2ccc(/C=C/C(=O)NO)cc2)c1. The van der Waals surface area contributed by atoms with Crippen LogP contribution in [0.1, 0.15) is 11.1 Å². The van der Waals surface area contributed by atoms with Crippen LogP contribution >= 0.6 is 11.6 Å². The molecule has 0 unspecified atom stereocenters. The summed E-state index contributed by atoms with van der Waals surface area (Å²) in [6, 6.07) is 9.86. The van der Waals surface area contributed by atoms with E-state index in [4.69, 9.17) is 16.8 Å². The molecule has 0 aromatic heterocycles. The first-order chi connectivity index (χ1) is 11.4. The van der Waals surface area contributed by atoms with Gasteiger partial charge in [-0.05, 0) is 48.4 Å². The zero-order chi connectivity index (χ0) is 17.7. The highest BCUT2D eigenvalue weighted by Gasteiger charge is 2.13. The maximum Gasteiger partial charge on any atom is 0.267 e. The van der Waals surface area contributed by atoms with Crippen LogP contribution in [0.5, 0.6) is 5.75 Å². The van der Waals surface area contributed by atoms with Crippen LogP contribution in [0.15, 0.2) is 42.5 Å². The smallest absolute Gasteiger partial charge is 0.267 e. The predicted octanol–water partition coefficient (Wildman–Crippen LogP) is 3.10. The molecule has 0 heterocycles. The van der Waals surface area contributed by atoms with Gasteiger partial charge in [0.05, 0.1) is 10.7 Å². The average molecular weight is 350 g/mol. The number of carbonyl (C=O) groups excluding carboxylic acids is 1. The second-order valence-electron chi connectivity index (χ2n) is 4.97. The summed E-state index contributed by atoms with van der Waals surface area (Å²) in [6.07, 6.45) is 2.69. The third kappa shape index (κ3) is 4.39. The van der Waals surface area contributed by atoms with Gasteiger partial charge in [0.2, 0.25) is 0 Å². The molecule has 126 valence electrons. The van der Waals surface area contributed by atoms with Gasteiger partial charge in [0, 0.05) is 6.08 Å². The molecule has 0 aliphatic carbocycles. The van der Waals surface area contributed by atoms with Crippen molar-refractivity contribution in [3.8, 4) is 5.75 Å². The van der Waals surface area contributed by atoms with E-state index in [2.05, 4.69) is 5.43 Å². The molecule has 0 saturated heterocycles. The van der Waals surface area contributed by atoms with Crippen molar-refractivity contribution in [1.29, 1.82) is 0 Å². The van der Waals surface area contributed by atoms with Gasteiger partial charge in [-0.1, -0.05) is 23.7 Å². The van der Waals surface area contributed by atoms with E-state index in [1.54, 1.807) is 43.3 Å². The summed E-state index contributed by atoms with van der Waals surface area (Å²) in [5, 5.41) is 29.2. The number of aromatic hydroxyl groups is 1. The van der Waals surface area contributed by atoms with Crippen molar-refractivity contribution in [3.05, 3.63) is 58.6 Å². The minimum Gasteiger partial charge on any atom is -0.504 e. The Kier molecular flexibility index (Phi) is 5.64. The van der Waals surface area contributed by atoms with Gasteiger partial charge in [0.15, 0.2) is 5.75 Å². The van der Waals surface area contributed by atoms with E-state index < -0.39 is 5.91 Å². The monoisotopic (exact) mass is 349 g/mol. The molecule has 7 nitrogen and oxygen atoms in total. The van der Waals surface area contributed by atoms with Crippen LogP contribution in [0, 0.1) is 6.92 Å². The van der Waals surface area contributed by atoms with Gasteiger partial charge in [0.25, 0.3) is 5.91 Å². The van der Waals surface area contributed by atoms with E-state index >= 15 is 0 Å². The molecule has 0 spiro atoms. The highest BCUT2D eigenvalue weighted by molar-refractivity contribution is 6.32. The largest absolute Gasteiger partial charge is 0.504 e. The standard InChI is InChI=1S/C16H16ClN3O4/c1-10-8-13(17)16(22)14(9-10)20(24)18-12-5-2-11(3-6-12)4-7-15(21)19-23/h2-9,18,22-24H,1H3,(H,19,21)/b7-4+. The number of hydrogen-bond acceptors (Lipinski definition) is 6. The highest BCUT2D eigenvalue weighted by Crippen LogP contribution is 2.35. The Morgan fingerprint density at radius 2 is 1.92 bits per heavy atom. The molecular formula is C16H16ClN3O4. The van der Waals surface area contributed by atoms with Crippen LogP contribution in [0.25, 0.3) is 6.08 Å². The van der Waals surface area contributed by atoms with E-state index in [9.17, 15) is 15.1 Å². The van der Waals surface area contributed by atoms with Crippen LogP contribution < -0.4 is 16.1 Å². The summed E-state index contributed by atoms with van der Waals surface area (Å²) in [6.45, 7) is 1.78. The Morgan fingerprint density at radius 1 is 1.25 bits per heavy atom. The summed E-state index contributed by atoms with van der Waals surface area (Å²) >= 11 is 5.89. The third-order valence-corrected chi connectivity index (χ3v) is 3.39. The molecule has 0 saturated carbocycles. The van der Waals surface area contributed by atoms with Gasteiger partial charge in [-0.3, -0.25) is 20.6 Å². The number of anilines is 2. The Bertz CT molecular complexity index is 763. The molecule has 0 radical (unpaired) electrons. The highest BCUT2D eigenvalue weighted by atomic mass is 35.5. The minimum atomic E-state index is -0.634. The van der Waals surface area contributed by atoms with Gasteiger partial charge in [-0.2, -0.15) is 5.17 Å². The van der Waals surface area contributed by atoms with Crippen molar-refractivity contribution in [1.82, 2.24) is 5.48 Å². The number of aryl methyl sites for hydroxylation is 1. The lowest BCUT2D eigenvalue weighted by molar-refractivity contribution is -0.124. The number of hydrazine groups is 1. The molecule has 2 aromatic rings. The Hall–Kier alpha value is -2.74. The number of amides is 1. The number of nitrogens with zero attached hydrogens (tertiary/aromatic N) is 1. The van der Waals surface area contributed by atoms with Crippen LogP contribution in [-0.4, -0.2) is 21.4 Å². The number of hydrogen-bond donors (Lipinski definition) is 5. The lowest BCUT2D eigenvalue weighted by atomic mass is 10.2. The fraction of sp³-hybridized carbons (Fsp3) is 0.0625. The van der Waals surface area contributed by atoms with E-state index in [-0.39, 0.29) is 16.5 Å². The van der Waals surface area contributed by atoms with Crippen LogP contribution in [0.3, 0.4) is 0 Å². The molecule has 0 aliphatic rings. The number of rotatable bonds is 5. The molecule has 8 heteroatoms. The number of hydroxylamine groups is 1. The van der Waals surface area contributed by atoms with E-state index in [1.165, 1.54) is 17.6 Å². The first-order valence-corrected chi connectivity index (χ1v) is 7.25. The van der Waals surface area contributed by atoms with Crippen molar-refractivity contribution in [2.24, 2.45) is 0 Å². The summed E-state index contributed by atoms with van der Waals surface area (Å²) < 4.78 is 0. The van der Waals surface area contributed by atoms with Crippen molar-refractivity contribution in [3.63, 3.8) is 0 Å². The van der Waals surface area contributed by atoms with Crippen LogP contribution in [0.4, 0.5) is 11.4 Å². The predicted molar refractivity (Wildman–Crippen MR) is 91.1 cm³/mol. The van der Waals surface area contributed by atoms with Crippen molar-refractivity contribution in [2.45, 2.75) is 6.92 Å².